The van der Waals surface area contributed by atoms with E-state index < -0.39 is 0 Å². The van der Waals surface area contributed by atoms with Gasteiger partial charge in [0.05, 0.1) is 12.2 Å². The molecule has 0 unspecified atom stereocenters. The highest BCUT2D eigenvalue weighted by molar-refractivity contribution is 5.54. The van der Waals surface area contributed by atoms with Gasteiger partial charge in [0.25, 0.3) is 0 Å². The van der Waals surface area contributed by atoms with Crippen LogP contribution >= 0.6 is 0 Å². The van der Waals surface area contributed by atoms with Gasteiger partial charge in [0.1, 0.15) is 5.69 Å². The van der Waals surface area contributed by atoms with Crippen molar-refractivity contribution in [2.45, 2.75) is 32.7 Å². The molecule has 0 atom stereocenters. The van der Waals surface area contributed by atoms with Gasteiger partial charge < -0.3 is 0 Å². The van der Waals surface area contributed by atoms with Gasteiger partial charge in [-0.25, -0.2) is 0 Å². The summed E-state index contributed by atoms with van der Waals surface area (Å²) in [5.41, 5.74) is 4.46. The lowest BCUT2D eigenvalue weighted by Crippen LogP contribution is -2.06. The van der Waals surface area contributed by atoms with E-state index in [4.69, 9.17) is 5.10 Å². The van der Waals surface area contributed by atoms with Crippen LogP contribution < -0.4 is 0 Å². The number of pyridine rings is 1. The smallest absolute Gasteiger partial charge is 0.111 e. The molecule has 0 saturated heterocycles. The molecule has 0 aliphatic carbocycles. The third kappa shape index (κ3) is 3.42. The van der Waals surface area contributed by atoms with Crippen LogP contribution in [0, 0.1) is 0 Å². The van der Waals surface area contributed by atoms with E-state index in [1.54, 1.807) is 0 Å². The van der Waals surface area contributed by atoms with Gasteiger partial charge in [0.15, 0.2) is 0 Å². The van der Waals surface area contributed by atoms with Gasteiger partial charge in [-0.05, 0) is 36.6 Å². The molecule has 0 aliphatic heterocycles. The first-order valence-corrected chi connectivity index (χ1v) is 7.89. The van der Waals surface area contributed by atoms with E-state index in [1.807, 2.05) is 30.5 Å². The van der Waals surface area contributed by atoms with E-state index >= 15 is 0 Å². The third-order valence-electron chi connectivity index (χ3n) is 3.75. The van der Waals surface area contributed by atoms with Crippen LogP contribution in [-0.2, 0) is 13.0 Å². The highest BCUT2D eigenvalue weighted by atomic mass is 15.3. The molecule has 0 radical (unpaired) electrons. The number of rotatable bonds is 6. The van der Waals surface area contributed by atoms with Crippen LogP contribution in [0.15, 0.2) is 60.8 Å². The summed E-state index contributed by atoms with van der Waals surface area (Å²) in [5, 5.41) is 4.78. The highest BCUT2D eigenvalue weighted by Gasteiger charge is 2.10. The van der Waals surface area contributed by atoms with Gasteiger partial charge in [-0.1, -0.05) is 49.7 Å². The maximum Gasteiger partial charge on any atom is 0.111 e. The number of hydrogen-bond acceptors (Lipinski definition) is 2. The molecular weight excluding hydrogens is 270 g/mol. The molecule has 0 spiro atoms. The van der Waals surface area contributed by atoms with Crippen LogP contribution in [0.2, 0.25) is 0 Å². The molecule has 0 amide bonds. The largest absolute Gasteiger partial charge is 0.264 e. The van der Waals surface area contributed by atoms with Crippen molar-refractivity contribution in [2.24, 2.45) is 0 Å². The predicted molar refractivity (Wildman–Crippen MR) is 89.6 cm³/mol. The van der Waals surface area contributed by atoms with Gasteiger partial charge >= 0.3 is 0 Å². The highest BCUT2D eigenvalue weighted by Crippen LogP contribution is 2.19. The molecule has 3 aromatic rings. The van der Waals surface area contributed by atoms with Crippen LogP contribution in [0.4, 0.5) is 0 Å². The van der Waals surface area contributed by atoms with Crippen molar-refractivity contribution in [1.82, 2.24) is 14.8 Å². The lowest BCUT2D eigenvalue weighted by Gasteiger charge is -2.07. The predicted octanol–water partition coefficient (Wildman–Crippen LogP) is 4.34. The van der Waals surface area contributed by atoms with Crippen LogP contribution in [0.1, 0.15) is 31.0 Å². The Bertz CT molecular complexity index is 702. The monoisotopic (exact) mass is 291 g/mol. The fourth-order valence-electron chi connectivity index (χ4n) is 2.55. The molecule has 112 valence electrons. The van der Waals surface area contributed by atoms with E-state index in [1.165, 1.54) is 24.1 Å². The topological polar surface area (TPSA) is 30.7 Å². The minimum absolute atomic E-state index is 0.812. The Morgan fingerprint density at radius 3 is 2.50 bits per heavy atom. The first kappa shape index (κ1) is 14.5. The lowest BCUT2D eigenvalue weighted by atomic mass is 10.1. The first-order chi connectivity index (χ1) is 10.9. The van der Waals surface area contributed by atoms with Crippen molar-refractivity contribution in [2.75, 3.05) is 0 Å². The normalized spacial score (nSPS) is 10.8. The lowest BCUT2D eigenvalue weighted by molar-refractivity contribution is 0.628. The molecule has 2 heterocycles. The summed E-state index contributed by atoms with van der Waals surface area (Å²) in [5.74, 6) is 0. The fraction of sp³-hybridized carbons (Fsp3) is 0.263. The van der Waals surface area contributed by atoms with Gasteiger partial charge in [-0.3, -0.25) is 9.67 Å². The molecule has 0 N–H and O–H groups in total. The van der Waals surface area contributed by atoms with Crippen LogP contribution in [0.25, 0.3) is 11.4 Å². The molecule has 0 fully saturated rings. The SMILES string of the molecule is CCCCc1cc(-c2ccccn2)nn1Cc1ccccc1. The number of aryl methyl sites for hydroxylation is 1. The minimum Gasteiger partial charge on any atom is -0.264 e. The maximum absolute atomic E-state index is 4.78. The molecule has 2 aromatic heterocycles. The molecule has 1 aromatic carbocycles. The Hall–Kier alpha value is -2.42. The van der Waals surface area contributed by atoms with Crippen molar-refractivity contribution >= 4 is 0 Å². The summed E-state index contributed by atoms with van der Waals surface area (Å²) < 4.78 is 2.12. The quantitative estimate of drug-likeness (QED) is 0.676. The second-order valence-corrected chi connectivity index (χ2v) is 5.48. The Morgan fingerprint density at radius 2 is 1.77 bits per heavy atom. The van der Waals surface area contributed by atoms with Crippen molar-refractivity contribution in [1.29, 1.82) is 0 Å². The summed E-state index contributed by atoms with van der Waals surface area (Å²) in [6.07, 6.45) is 5.25. The number of aromatic nitrogens is 3. The molecular formula is C19H21N3. The Morgan fingerprint density at radius 1 is 0.955 bits per heavy atom. The van der Waals surface area contributed by atoms with Crippen molar-refractivity contribution < 1.29 is 0 Å². The number of benzene rings is 1. The van der Waals surface area contributed by atoms with Crippen molar-refractivity contribution in [3.8, 4) is 11.4 Å². The summed E-state index contributed by atoms with van der Waals surface area (Å²) in [4.78, 5) is 4.41. The summed E-state index contributed by atoms with van der Waals surface area (Å²) >= 11 is 0. The average Bonchev–Trinajstić information content (AvgIpc) is 2.97. The Kier molecular flexibility index (Phi) is 4.64. The van der Waals surface area contributed by atoms with Gasteiger partial charge in [-0.15, -0.1) is 0 Å². The zero-order chi connectivity index (χ0) is 15.2. The summed E-state index contributed by atoms with van der Waals surface area (Å²) in [6.45, 7) is 3.03. The second kappa shape index (κ2) is 7.03. The Balaban J connectivity index is 1.91. The fourth-order valence-corrected chi connectivity index (χ4v) is 2.55. The number of nitrogens with zero attached hydrogens (tertiary/aromatic N) is 3. The summed E-state index contributed by atoms with van der Waals surface area (Å²) in [6, 6.07) is 18.6. The molecule has 0 bridgehead atoms. The van der Waals surface area contributed by atoms with E-state index in [0.29, 0.717) is 0 Å². The molecule has 3 nitrogen and oxygen atoms in total. The van der Waals surface area contributed by atoms with E-state index in [-0.39, 0.29) is 0 Å². The van der Waals surface area contributed by atoms with Crippen molar-refractivity contribution in [3.05, 3.63) is 72.1 Å². The van der Waals surface area contributed by atoms with Crippen LogP contribution in [-0.4, -0.2) is 14.8 Å². The Labute approximate surface area is 131 Å². The molecule has 0 aliphatic rings. The van der Waals surface area contributed by atoms with Gasteiger partial charge in [0.2, 0.25) is 0 Å². The van der Waals surface area contributed by atoms with Gasteiger partial charge in [-0.2, -0.15) is 5.10 Å². The second-order valence-electron chi connectivity index (χ2n) is 5.48. The first-order valence-electron chi connectivity index (χ1n) is 7.89. The molecule has 3 heteroatoms. The standard InChI is InChI=1S/C19H21N3/c1-2-3-11-17-14-19(18-12-7-8-13-20-18)21-22(17)15-16-9-5-4-6-10-16/h4-10,12-14H,2-3,11,15H2,1H3. The minimum atomic E-state index is 0.812. The van der Waals surface area contributed by atoms with Crippen molar-refractivity contribution in [3.63, 3.8) is 0 Å². The van der Waals surface area contributed by atoms with Gasteiger partial charge in [0, 0.05) is 11.9 Å². The zero-order valence-electron chi connectivity index (χ0n) is 12.9. The van der Waals surface area contributed by atoms with E-state index in [2.05, 4.69) is 46.9 Å². The zero-order valence-corrected chi connectivity index (χ0v) is 12.9. The molecule has 22 heavy (non-hydrogen) atoms. The average molecular weight is 291 g/mol. The van der Waals surface area contributed by atoms with E-state index in [9.17, 15) is 0 Å². The molecule has 0 saturated carbocycles. The summed E-state index contributed by atoms with van der Waals surface area (Å²) in [7, 11) is 0. The molecule has 3 rings (SSSR count). The van der Waals surface area contributed by atoms with E-state index in [0.717, 1.165) is 24.4 Å². The number of unbranched alkanes of at least 4 members (excludes halogenated alkanes) is 1. The number of hydrogen-bond donors (Lipinski definition) is 0. The van der Waals surface area contributed by atoms with Crippen LogP contribution in [0.3, 0.4) is 0 Å². The maximum atomic E-state index is 4.78. The third-order valence-corrected chi connectivity index (χ3v) is 3.75. The van der Waals surface area contributed by atoms with Crippen LogP contribution in [0.5, 0.6) is 0 Å².